The smallest absolute Gasteiger partial charge is 0.449 e. The Morgan fingerprint density at radius 1 is 1.22 bits per heavy atom. The molecule has 0 radical (unpaired) electrons. The average Bonchev–Trinajstić information content (AvgIpc) is 2.30. The molecule has 2 rings (SSSR count). The predicted molar refractivity (Wildman–Crippen MR) is 60.0 cm³/mol. The van der Waals surface area contributed by atoms with E-state index in [0.29, 0.717) is 17.3 Å². The van der Waals surface area contributed by atoms with E-state index in [1.54, 1.807) is 0 Å². The highest BCUT2D eigenvalue weighted by Gasteiger charge is 2.34. The molecule has 7 heteroatoms. The van der Waals surface area contributed by atoms with Gasteiger partial charge in [0.1, 0.15) is 5.75 Å². The molecule has 0 amide bonds. The lowest BCUT2D eigenvalue weighted by Gasteiger charge is -2.16. The van der Waals surface area contributed by atoms with E-state index in [9.17, 15) is 19.2 Å². The van der Waals surface area contributed by atoms with Gasteiger partial charge in [0.25, 0.3) is 10.9 Å². The van der Waals surface area contributed by atoms with Gasteiger partial charge in [0.05, 0.1) is 0 Å². The Balaban J connectivity index is 2.56. The first-order valence-electron chi connectivity index (χ1n) is 4.77. The SMILES string of the molecule is Cc1c(OC(=O)O)ccc2c1SC(=O)C(=O)C2=O. The van der Waals surface area contributed by atoms with Crippen LogP contribution in [0.15, 0.2) is 17.0 Å². The van der Waals surface area contributed by atoms with Crippen molar-refractivity contribution in [2.24, 2.45) is 0 Å². The van der Waals surface area contributed by atoms with Crippen LogP contribution in [0.1, 0.15) is 15.9 Å². The van der Waals surface area contributed by atoms with E-state index in [4.69, 9.17) is 5.11 Å². The first kappa shape index (κ1) is 12.3. The number of ketones is 2. The molecule has 0 spiro atoms. The maximum atomic E-state index is 11.6. The summed E-state index contributed by atoms with van der Waals surface area (Å²) in [4.78, 5) is 44.8. The lowest BCUT2D eigenvalue weighted by atomic mass is 10.0. The summed E-state index contributed by atoms with van der Waals surface area (Å²) in [6.45, 7) is 1.51. The normalized spacial score (nSPS) is 14.4. The number of thioether (sulfide) groups is 1. The first-order chi connectivity index (χ1) is 8.41. The van der Waals surface area contributed by atoms with E-state index in [2.05, 4.69) is 4.74 Å². The molecule has 6 nitrogen and oxygen atoms in total. The van der Waals surface area contributed by atoms with Gasteiger partial charge >= 0.3 is 6.16 Å². The summed E-state index contributed by atoms with van der Waals surface area (Å²) < 4.78 is 4.50. The lowest BCUT2D eigenvalue weighted by molar-refractivity contribution is -0.128. The second kappa shape index (κ2) is 4.26. The van der Waals surface area contributed by atoms with Crippen molar-refractivity contribution in [1.82, 2.24) is 0 Å². The molecule has 1 N–H and O–H groups in total. The minimum atomic E-state index is -1.49. The summed E-state index contributed by atoms with van der Waals surface area (Å²) >= 11 is 0.609. The highest BCUT2D eigenvalue weighted by Crippen LogP contribution is 2.36. The Morgan fingerprint density at radius 3 is 2.50 bits per heavy atom. The minimum Gasteiger partial charge on any atom is -0.449 e. The van der Waals surface area contributed by atoms with E-state index in [1.807, 2.05) is 0 Å². The molecule has 18 heavy (non-hydrogen) atoms. The molecule has 1 heterocycles. The van der Waals surface area contributed by atoms with Gasteiger partial charge in [0.2, 0.25) is 5.78 Å². The third-order valence-corrected chi connectivity index (χ3v) is 3.49. The molecule has 0 saturated carbocycles. The fourth-order valence-corrected chi connectivity index (χ4v) is 2.44. The van der Waals surface area contributed by atoms with Gasteiger partial charge in [-0.1, -0.05) is 0 Å². The monoisotopic (exact) mass is 266 g/mol. The molecule has 0 fully saturated rings. The van der Waals surface area contributed by atoms with E-state index in [0.717, 1.165) is 0 Å². The van der Waals surface area contributed by atoms with Gasteiger partial charge in [-0.15, -0.1) is 0 Å². The van der Waals surface area contributed by atoms with Crippen LogP contribution in [0.5, 0.6) is 5.75 Å². The molecule has 0 aromatic heterocycles. The Bertz CT molecular complexity index is 604. The van der Waals surface area contributed by atoms with Gasteiger partial charge in [-0.2, -0.15) is 0 Å². The largest absolute Gasteiger partial charge is 0.511 e. The Kier molecular flexibility index (Phi) is 2.92. The number of Topliss-reactive ketones (excluding diaryl/α,β-unsaturated/α-hetero) is 2. The van der Waals surface area contributed by atoms with Crippen molar-refractivity contribution in [2.45, 2.75) is 11.8 Å². The molecule has 0 bridgehead atoms. The number of fused-ring (bicyclic) bond motifs is 1. The van der Waals surface area contributed by atoms with Crippen LogP contribution in [0.4, 0.5) is 4.79 Å². The van der Waals surface area contributed by atoms with Crippen molar-refractivity contribution in [3.8, 4) is 5.75 Å². The lowest BCUT2D eigenvalue weighted by Crippen LogP contribution is -2.27. The van der Waals surface area contributed by atoms with Crippen molar-refractivity contribution < 1.29 is 29.0 Å². The zero-order chi connectivity index (χ0) is 13.4. The molecule has 0 atom stereocenters. The number of benzene rings is 1. The summed E-state index contributed by atoms with van der Waals surface area (Å²) in [5, 5.41) is 7.65. The highest BCUT2D eigenvalue weighted by atomic mass is 32.2. The van der Waals surface area contributed by atoms with Crippen LogP contribution in [0.3, 0.4) is 0 Å². The number of carboxylic acid groups (broad SMARTS) is 1. The van der Waals surface area contributed by atoms with Crippen LogP contribution in [0.2, 0.25) is 0 Å². The van der Waals surface area contributed by atoms with Crippen molar-refractivity contribution in [3.05, 3.63) is 23.3 Å². The number of carbonyl (C=O) groups is 4. The molecular formula is C11H6O6S. The second-order valence-corrected chi connectivity index (χ2v) is 4.46. The van der Waals surface area contributed by atoms with Crippen molar-refractivity contribution >= 4 is 34.6 Å². The van der Waals surface area contributed by atoms with Crippen LogP contribution < -0.4 is 4.74 Å². The number of rotatable bonds is 1. The maximum Gasteiger partial charge on any atom is 0.511 e. The Labute approximate surface area is 105 Å². The molecule has 1 aromatic carbocycles. The zero-order valence-corrected chi connectivity index (χ0v) is 9.87. The topological polar surface area (TPSA) is 97.7 Å². The van der Waals surface area contributed by atoms with Gasteiger partial charge in [-0.3, -0.25) is 14.4 Å². The summed E-state index contributed by atoms with van der Waals surface area (Å²) in [5.74, 6) is -1.92. The highest BCUT2D eigenvalue weighted by molar-refractivity contribution is 8.16. The van der Waals surface area contributed by atoms with Crippen LogP contribution >= 0.6 is 11.8 Å². The van der Waals surface area contributed by atoms with Gasteiger partial charge in [0, 0.05) is 16.0 Å². The quantitative estimate of drug-likeness (QED) is 0.466. The van der Waals surface area contributed by atoms with Gasteiger partial charge in [-0.05, 0) is 30.8 Å². The number of hydrogen-bond donors (Lipinski definition) is 1. The molecule has 1 aliphatic rings. The maximum absolute atomic E-state index is 11.6. The molecule has 92 valence electrons. The Morgan fingerprint density at radius 2 is 1.89 bits per heavy atom. The number of carbonyl (C=O) groups excluding carboxylic acids is 3. The van der Waals surface area contributed by atoms with Gasteiger partial charge in [0.15, 0.2) is 0 Å². The summed E-state index contributed by atoms with van der Waals surface area (Å²) in [6.07, 6.45) is -1.49. The summed E-state index contributed by atoms with van der Waals surface area (Å²) in [5.41, 5.74) is 0.439. The van der Waals surface area contributed by atoms with Crippen LogP contribution in [-0.2, 0) is 9.59 Å². The zero-order valence-electron chi connectivity index (χ0n) is 9.05. The van der Waals surface area contributed by atoms with E-state index < -0.39 is 22.8 Å². The van der Waals surface area contributed by atoms with Crippen molar-refractivity contribution in [2.75, 3.05) is 0 Å². The molecule has 0 saturated heterocycles. The van der Waals surface area contributed by atoms with Gasteiger partial charge in [-0.25, -0.2) is 4.79 Å². The summed E-state index contributed by atoms with van der Waals surface area (Å²) in [7, 11) is 0. The van der Waals surface area contributed by atoms with E-state index in [-0.39, 0.29) is 16.2 Å². The minimum absolute atomic E-state index is 0.0312. The van der Waals surface area contributed by atoms with E-state index in [1.165, 1.54) is 19.1 Å². The second-order valence-electron chi connectivity index (χ2n) is 3.48. The average molecular weight is 266 g/mol. The molecule has 0 unspecified atom stereocenters. The van der Waals surface area contributed by atoms with Crippen LogP contribution in [0, 0.1) is 6.92 Å². The molecular weight excluding hydrogens is 260 g/mol. The van der Waals surface area contributed by atoms with Crippen molar-refractivity contribution in [1.29, 1.82) is 0 Å². The predicted octanol–water partition coefficient (Wildman–Crippen LogP) is 1.44. The first-order valence-corrected chi connectivity index (χ1v) is 5.58. The molecule has 0 aliphatic carbocycles. The van der Waals surface area contributed by atoms with Gasteiger partial charge < -0.3 is 9.84 Å². The Hall–Kier alpha value is -2.15. The molecule has 1 aromatic rings. The third-order valence-electron chi connectivity index (χ3n) is 2.38. The summed E-state index contributed by atoms with van der Waals surface area (Å²) in [6, 6.07) is 2.56. The molecule has 1 aliphatic heterocycles. The van der Waals surface area contributed by atoms with Crippen molar-refractivity contribution in [3.63, 3.8) is 0 Å². The van der Waals surface area contributed by atoms with Crippen LogP contribution in [-0.4, -0.2) is 27.9 Å². The third kappa shape index (κ3) is 1.88. The fourth-order valence-electron chi connectivity index (χ4n) is 1.54. The number of hydrogen-bond acceptors (Lipinski definition) is 6. The van der Waals surface area contributed by atoms with Crippen LogP contribution in [0.25, 0.3) is 0 Å². The number of ether oxygens (including phenoxy) is 1. The standard InChI is InChI=1S/C11H6O6S/c1-4-6(17-11(15)16)3-2-5-7(12)8(13)10(14)18-9(4)5/h2-3H,1H3,(H,15,16). The van der Waals surface area contributed by atoms with E-state index >= 15 is 0 Å². The fraction of sp³-hybridized carbons (Fsp3) is 0.0909.